The molecule has 0 saturated heterocycles. The molecule has 1 aliphatic heterocycles. The number of aromatic hydroxyl groups is 1. The lowest BCUT2D eigenvalue weighted by molar-refractivity contribution is 0.0686. The number of amides is 1. The lowest BCUT2D eigenvalue weighted by Gasteiger charge is -2.38. The number of nitrogens with zero attached hydrogens (tertiary/aromatic N) is 3. The third-order valence-corrected chi connectivity index (χ3v) is 6.71. The van der Waals surface area contributed by atoms with Gasteiger partial charge < -0.3 is 10.0 Å². The van der Waals surface area contributed by atoms with Gasteiger partial charge in [0.15, 0.2) is 11.4 Å². The normalized spacial score (nSPS) is 18.2. The molecular formula is C23H19Cl2N3O3. The minimum absolute atomic E-state index is 0.0819. The molecule has 1 unspecified atom stereocenters. The molecule has 5 rings (SSSR count). The molecule has 158 valence electrons. The van der Waals surface area contributed by atoms with Crippen molar-refractivity contribution in [3.8, 4) is 5.75 Å². The lowest BCUT2D eigenvalue weighted by Crippen LogP contribution is -2.45. The van der Waals surface area contributed by atoms with E-state index in [1.165, 1.54) is 9.58 Å². The van der Waals surface area contributed by atoms with E-state index in [0.29, 0.717) is 16.6 Å². The van der Waals surface area contributed by atoms with E-state index < -0.39 is 17.1 Å². The first-order valence-electron chi connectivity index (χ1n) is 9.98. The fraction of sp³-hybridized carbons (Fsp3) is 0.261. The van der Waals surface area contributed by atoms with Crippen LogP contribution in [-0.2, 0) is 12.8 Å². The van der Waals surface area contributed by atoms with Gasteiger partial charge in [-0.1, -0.05) is 35.3 Å². The fourth-order valence-electron chi connectivity index (χ4n) is 4.82. The Bertz CT molecular complexity index is 1230. The predicted octanol–water partition coefficient (Wildman–Crippen LogP) is 3.81. The molecular weight excluding hydrogens is 437 g/mol. The maximum Gasteiger partial charge on any atom is 0.275 e. The number of carbonyl (C=O) groups excluding carboxylic acids is 1. The highest BCUT2D eigenvalue weighted by Crippen LogP contribution is 2.44. The summed E-state index contributed by atoms with van der Waals surface area (Å²) in [6.45, 7) is 0.371. The molecule has 0 bridgehead atoms. The molecule has 0 spiro atoms. The molecule has 0 fully saturated rings. The van der Waals surface area contributed by atoms with Crippen molar-refractivity contribution in [2.75, 3.05) is 13.6 Å². The van der Waals surface area contributed by atoms with Gasteiger partial charge in [-0.2, -0.15) is 5.10 Å². The number of fused-ring (bicyclic) bond motifs is 3. The van der Waals surface area contributed by atoms with Crippen LogP contribution < -0.4 is 5.43 Å². The summed E-state index contributed by atoms with van der Waals surface area (Å²) in [5, 5.41) is 16.0. The molecule has 0 radical (unpaired) electrons. The van der Waals surface area contributed by atoms with Gasteiger partial charge >= 0.3 is 0 Å². The summed E-state index contributed by atoms with van der Waals surface area (Å²) in [6, 6.07) is 11.4. The lowest BCUT2D eigenvalue weighted by atomic mass is 9.81. The summed E-state index contributed by atoms with van der Waals surface area (Å²) < 4.78 is 1.51. The number of hydrogen-bond acceptors (Lipinski definition) is 4. The van der Waals surface area contributed by atoms with Crippen LogP contribution in [0.1, 0.15) is 44.7 Å². The fourth-order valence-corrected chi connectivity index (χ4v) is 5.21. The Kier molecular flexibility index (Phi) is 4.79. The van der Waals surface area contributed by atoms with Crippen molar-refractivity contribution >= 4 is 29.1 Å². The van der Waals surface area contributed by atoms with Crippen molar-refractivity contribution in [3.63, 3.8) is 0 Å². The summed E-state index contributed by atoms with van der Waals surface area (Å²) in [5.41, 5.74) is 3.66. The number of likely N-dealkylation sites (N-methyl/N-ethyl adjacent to an activating group) is 1. The van der Waals surface area contributed by atoms with Gasteiger partial charge in [-0.05, 0) is 59.4 Å². The van der Waals surface area contributed by atoms with Crippen LogP contribution in [-0.4, -0.2) is 39.3 Å². The van der Waals surface area contributed by atoms with Crippen LogP contribution in [0.3, 0.4) is 0 Å². The number of hydrogen-bond donors (Lipinski definition) is 1. The Morgan fingerprint density at radius 1 is 1.00 bits per heavy atom. The van der Waals surface area contributed by atoms with E-state index in [9.17, 15) is 14.7 Å². The van der Waals surface area contributed by atoms with Gasteiger partial charge in [0, 0.05) is 29.6 Å². The topological polar surface area (TPSA) is 75.4 Å². The molecule has 1 aliphatic carbocycles. The van der Waals surface area contributed by atoms with Crippen molar-refractivity contribution in [1.29, 1.82) is 0 Å². The Morgan fingerprint density at radius 3 is 2.16 bits per heavy atom. The van der Waals surface area contributed by atoms with E-state index in [0.717, 1.165) is 41.3 Å². The van der Waals surface area contributed by atoms with E-state index >= 15 is 0 Å². The molecule has 3 aromatic rings. The van der Waals surface area contributed by atoms with Gasteiger partial charge in [0.05, 0.1) is 12.2 Å². The Balaban J connectivity index is 1.79. The average Bonchev–Trinajstić information content (AvgIpc) is 2.89. The maximum absolute atomic E-state index is 12.8. The highest BCUT2D eigenvalue weighted by molar-refractivity contribution is 6.31. The summed E-state index contributed by atoms with van der Waals surface area (Å²) in [5.74, 6) is -1.18. The number of aromatic nitrogens is 2. The Labute approximate surface area is 188 Å². The molecule has 2 aromatic carbocycles. The van der Waals surface area contributed by atoms with Crippen LogP contribution >= 0.6 is 23.2 Å². The van der Waals surface area contributed by atoms with Crippen LogP contribution in [0.25, 0.3) is 0 Å². The SMILES string of the molecule is CN1CC(C2c3ccc(Cl)cc3CCc3cc(Cl)ccc32)n2ncc(=O)c(O)c2C1=O. The zero-order valence-corrected chi connectivity index (χ0v) is 18.2. The smallest absolute Gasteiger partial charge is 0.275 e. The minimum atomic E-state index is -0.672. The molecule has 1 amide bonds. The molecule has 1 N–H and O–H groups in total. The standard InChI is InChI=1S/C23H19Cl2N3O3/c1-27-11-18(28-21(23(27)31)22(30)19(29)10-26-28)20-16-6-4-14(24)8-12(16)2-3-13-9-15(25)5-7-17(13)20/h4-10,18,20,30H,2-3,11H2,1H3. The highest BCUT2D eigenvalue weighted by Gasteiger charge is 2.40. The van der Waals surface area contributed by atoms with E-state index in [4.69, 9.17) is 23.2 Å². The van der Waals surface area contributed by atoms with Crippen molar-refractivity contribution in [1.82, 2.24) is 14.7 Å². The molecule has 6 nitrogen and oxygen atoms in total. The molecule has 1 atom stereocenters. The third-order valence-electron chi connectivity index (χ3n) is 6.24. The maximum atomic E-state index is 12.8. The van der Waals surface area contributed by atoms with E-state index in [2.05, 4.69) is 5.10 Å². The summed E-state index contributed by atoms with van der Waals surface area (Å²) in [4.78, 5) is 26.3. The van der Waals surface area contributed by atoms with Gasteiger partial charge in [-0.15, -0.1) is 0 Å². The number of rotatable bonds is 1. The number of halogens is 2. The summed E-state index contributed by atoms with van der Waals surface area (Å²) in [7, 11) is 1.66. The summed E-state index contributed by atoms with van der Waals surface area (Å²) >= 11 is 12.6. The number of carbonyl (C=O) groups is 1. The predicted molar refractivity (Wildman–Crippen MR) is 118 cm³/mol. The average molecular weight is 456 g/mol. The minimum Gasteiger partial charge on any atom is -0.502 e. The van der Waals surface area contributed by atoms with Gasteiger partial charge in [0.25, 0.3) is 5.91 Å². The largest absolute Gasteiger partial charge is 0.502 e. The molecule has 0 saturated carbocycles. The molecule has 8 heteroatoms. The van der Waals surface area contributed by atoms with Gasteiger partial charge in [0.1, 0.15) is 0 Å². The van der Waals surface area contributed by atoms with E-state index in [1.807, 2.05) is 36.4 Å². The molecule has 2 aliphatic rings. The van der Waals surface area contributed by atoms with Gasteiger partial charge in [0.2, 0.25) is 5.43 Å². The van der Waals surface area contributed by atoms with Gasteiger partial charge in [-0.3, -0.25) is 14.3 Å². The van der Waals surface area contributed by atoms with Crippen molar-refractivity contribution in [3.05, 3.63) is 90.8 Å². The second-order valence-corrected chi connectivity index (χ2v) is 8.94. The zero-order valence-electron chi connectivity index (χ0n) is 16.7. The van der Waals surface area contributed by atoms with Crippen molar-refractivity contribution in [2.45, 2.75) is 24.8 Å². The summed E-state index contributed by atoms with van der Waals surface area (Å²) in [6.07, 6.45) is 2.67. The first-order valence-corrected chi connectivity index (χ1v) is 10.7. The van der Waals surface area contributed by atoms with Crippen LogP contribution in [0, 0.1) is 0 Å². The first kappa shape index (κ1) is 20.1. The Hall–Kier alpha value is -2.83. The van der Waals surface area contributed by atoms with Crippen LogP contribution in [0.2, 0.25) is 10.0 Å². The van der Waals surface area contributed by atoms with Crippen molar-refractivity contribution in [2.24, 2.45) is 0 Å². The molecule has 2 heterocycles. The van der Waals surface area contributed by atoms with Crippen LogP contribution in [0.4, 0.5) is 0 Å². The molecule has 1 aromatic heterocycles. The van der Waals surface area contributed by atoms with E-state index in [1.54, 1.807) is 7.05 Å². The second kappa shape index (κ2) is 7.39. The highest BCUT2D eigenvalue weighted by atomic mass is 35.5. The third kappa shape index (κ3) is 3.22. The van der Waals surface area contributed by atoms with Crippen LogP contribution in [0.5, 0.6) is 5.75 Å². The Morgan fingerprint density at radius 2 is 1.58 bits per heavy atom. The molecule has 31 heavy (non-hydrogen) atoms. The monoisotopic (exact) mass is 455 g/mol. The number of benzene rings is 2. The number of aryl methyl sites for hydroxylation is 2. The van der Waals surface area contributed by atoms with Crippen molar-refractivity contribution < 1.29 is 9.90 Å². The van der Waals surface area contributed by atoms with E-state index in [-0.39, 0.29) is 17.7 Å². The zero-order chi connectivity index (χ0) is 21.9. The quantitative estimate of drug-likeness (QED) is 0.605. The second-order valence-electron chi connectivity index (χ2n) is 8.07. The first-order chi connectivity index (χ1) is 14.8. The van der Waals surface area contributed by atoms with Crippen LogP contribution in [0.15, 0.2) is 47.4 Å². The van der Waals surface area contributed by atoms with Gasteiger partial charge in [-0.25, -0.2) is 0 Å².